The van der Waals surface area contributed by atoms with E-state index in [0.29, 0.717) is 12.5 Å². The second-order valence-electron chi connectivity index (χ2n) is 6.87. The lowest BCUT2D eigenvalue weighted by atomic mass is 9.57. The van der Waals surface area contributed by atoms with Crippen molar-refractivity contribution in [1.29, 1.82) is 0 Å². The maximum Gasteiger partial charge on any atom is 0.335 e. The Labute approximate surface area is 135 Å². The molecule has 1 aromatic rings. The van der Waals surface area contributed by atoms with Crippen molar-refractivity contribution in [2.45, 2.75) is 39.0 Å². The van der Waals surface area contributed by atoms with E-state index in [0.717, 1.165) is 18.6 Å². The van der Waals surface area contributed by atoms with Crippen LogP contribution < -0.4 is 10.6 Å². The van der Waals surface area contributed by atoms with Crippen LogP contribution in [0, 0.1) is 11.3 Å². The lowest BCUT2D eigenvalue weighted by Gasteiger charge is -2.54. The Morgan fingerprint density at radius 1 is 1.30 bits per heavy atom. The molecule has 6 heteroatoms. The van der Waals surface area contributed by atoms with Gasteiger partial charge in [0.05, 0.1) is 11.7 Å². The molecule has 23 heavy (non-hydrogen) atoms. The third kappa shape index (κ3) is 2.91. The highest BCUT2D eigenvalue weighted by atomic mass is 16.5. The van der Waals surface area contributed by atoms with Crippen LogP contribution in [0.1, 0.15) is 36.2 Å². The van der Waals surface area contributed by atoms with Gasteiger partial charge in [-0.25, -0.2) is 9.59 Å². The fraction of sp³-hybridized carbons (Fsp3) is 0.529. The molecule has 1 heterocycles. The summed E-state index contributed by atoms with van der Waals surface area (Å²) in [6.07, 6.45) is 1.24. The van der Waals surface area contributed by atoms with Crippen LogP contribution in [-0.2, 0) is 11.3 Å². The summed E-state index contributed by atoms with van der Waals surface area (Å²) in [5.74, 6) is -0.548. The van der Waals surface area contributed by atoms with Crippen LogP contribution in [0.15, 0.2) is 24.3 Å². The predicted octanol–water partition coefficient (Wildman–Crippen LogP) is 2.00. The van der Waals surface area contributed by atoms with E-state index in [-0.39, 0.29) is 29.2 Å². The fourth-order valence-electron chi connectivity index (χ4n) is 3.76. The van der Waals surface area contributed by atoms with Crippen molar-refractivity contribution < 1.29 is 19.4 Å². The number of carboxylic acids is 1. The zero-order valence-corrected chi connectivity index (χ0v) is 13.3. The van der Waals surface area contributed by atoms with Crippen LogP contribution in [0.25, 0.3) is 0 Å². The highest BCUT2D eigenvalue weighted by molar-refractivity contribution is 5.87. The molecule has 6 nitrogen and oxygen atoms in total. The summed E-state index contributed by atoms with van der Waals surface area (Å²) >= 11 is 0. The van der Waals surface area contributed by atoms with Gasteiger partial charge < -0.3 is 20.5 Å². The maximum absolute atomic E-state index is 12.1. The molecule has 1 aliphatic carbocycles. The minimum Gasteiger partial charge on any atom is -0.478 e. The Bertz CT molecular complexity index is 612. The summed E-state index contributed by atoms with van der Waals surface area (Å²) < 4.78 is 5.72. The lowest BCUT2D eigenvalue weighted by molar-refractivity contribution is -0.108. The van der Waals surface area contributed by atoms with Gasteiger partial charge in [-0.3, -0.25) is 0 Å². The molecule has 0 radical (unpaired) electrons. The van der Waals surface area contributed by atoms with Crippen molar-refractivity contribution in [3.63, 3.8) is 0 Å². The van der Waals surface area contributed by atoms with Gasteiger partial charge in [0.15, 0.2) is 0 Å². The molecule has 3 N–H and O–H groups in total. The van der Waals surface area contributed by atoms with Crippen LogP contribution in [0.5, 0.6) is 0 Å². The standard InChI is InChI=1S/C17H22N2O4/c1-17(2)13(12-7-8-23-14(12)17)19-16(22)18-9-10-3-5-11(6-4-10)15(20)21/h3-6,12-14H,7-9H2,1-2H3,(H,20,21)(H2,18,19,22). The van der Waals surface area contributed by atoms with Gasteiger partial charge in [0, 0.05) is 30.5 Å². The van der Waals surface area contributed by atoms with Crippen molar-refractivity contribution in [3.05, 3.63) is 35.4 Å². The van der Waals surface area contributed by atoms with E-state index in [1.165, 1.54) is 12.1 Å². The number of amides is 2. The molecule has 2 aliphatic rings. The minimum absolute atomic E-state index is 0.0400. The SMILES string of the molecule is CC1(C)C(NC(=O)NCc2ccc(C(=O)O)cc2)C2CCOC21. The van der Waals surface area contributed by atoms with Gasteiger partial charge in [-0.2, -0.15) is 0 Å². The van der Waals surface area contributed by atoms with Gasteiger partial charge in [0.1, 0.15) is 0 Å². The molecule has 0 aromatic heterocycles. The number of carboxylic acid groups (broad SMARTS) is 1. The van der Waals surface area contributed by atoms with Crippen LogP contribution >= 0.6 is 0 Å². The molecule has 1 saturated carbocycles. The minimum atomic E-state index is -0.956. The summed E-state index contributed by atoms with van der Waals surface area (Å²) in [5.41, 5.74) is 1.06. The number of carbonyl (C=O) groups is 2. The zero-order valence-electron chi connectivity index (χ0n) is 13.3. The lowest BCUT2D eigenvalue weighted by Crippen LogP contribution is -2.67. The molecule has 3 atom stereocenters. The topological polar surface area (TPSA) is 87.7 Å². The number of urea groups is 1. The number of carbonyl (C=O) groups excluding carboxylic acids is 1. The molecular formula is C17H22N2O4. The quantitative estimate of drug-likeness (QED) is 0.792. The predicted molar refractivity (Wildman–Crippen MR) is 84.2 cm³/mol. The van der Waals surface area contributed by atoms with Gasteiger partial charge in [0.2, 0.25) is 0 Å². The van der Waals surface area contributed by atoms with Crippen LogP contribution in [0.4, 0.5) is 4.79 Å². The maximum atomic E-state index is 12.1. The van der Waals surface area contributed by atoms with Gasteiger partial charge in [-0.05, 0) is 24.1 Å². The van der Waals surface area contributed by atoms with E-state index >= 15 is 0 Å². The number of aromatic carboxylic acids is 1. The number of nitrogens with one attached hydrogen (secondary N) is 2. The molecule has 1 aliphatic heterocycles. The Hall–Kier alpha value is -2.08. The molecule has 3 rings (SSSR count). The number of fused-ring (bicyclic) bond motifs is 1. The van der Waals surface area contributed by atoms with Crippen molar-refractivity contribution in [1.82, 2.24) is 10.6 Å². The number of rotatable bonds is 4. The first-order chi connectivity index (χ1) is 10.9. The van der Waals surface area contributed by atoms with Crippen LogP contribution in [0.3, 0.4) is 0 Å². The van der Waals surface area contributed by atoms with Crippen LogP contribution in [-0.4, -0.2) is 35.9 Å². The fourth-order valence-corrected chi connectivity index (χ4v) is 3.76. The Kier molecular flexibility index (Phi) is 4.02. The first-order valence-corrected chi connectivity index (χ1v) is 7.88. The van der Waals surface area contributed by atoms with Crippen molar-refractivity contribution in [2.24, 2.45) is 11.3 Å². The first kappa shape index (κ1) is 15.8. The molecule has 1 aromatic carbocycles. The molecular weight excluding hydrogens is 296 g/mol. The number of hydrogen-bond donors (Lipinski definition) is 3. The molecule has 124 valence electrons. The summed E-state index contributed by atoms with van der Waals surface area (Å²) in [6.45, 7) is 5.38. The van der Waals surface area contributed by atoms with Crippen LogP contribution in [0.2, 0.25) is 0 Å². The van der Waals surface area contributed by atoms with Gasteiger partial charge >= 0.3 is 12.0 Å². The second-order valence-corrected chi connectivity index (χ2v) is 6.87. The van der Waals surface area contributed by atoms with E-state index in [1.54, 1.807) is 12.1 Å². The number of hydrogen-bond acceptors (Lipinski definition) is 3. The van der Waals surface area contributed by atoms with E-state index in [4.69, 9.17) is 9.84 Å². The third-order valence-electron chi connectivity index (χ3n) is 5.04. The normalized spacial score (nSPS) is 27.7. The Balaban J connectivity index is 1.51. The third-order valence-corrected chi connectivity index (χ3v) is 5.04. The zero-order chi connectivity index (χ0) is 16.6. The van der Waals surface area contributed by atoms with E-state index in [2.05, 4.69) is 24.5 Å². The van der Waals surface area contributed by atoms with Crippen molar-refractivity contribution >= 4 is 12.0 Å². The average Bonchev–Trinajstić information content (AvgIpc) is 2.98. The van der Waals surface area contributed by atoms with Crippen molar-refractivity contribution in [3.8, 4) is 0 Å². The largest absolute Gasteiger partial charge is 0.478 e. The molecule has 0 bridgehead atoms. The van der Waals surface area contributed by atoms with Gasteiger partial charge in [-0.1, -0.05) is 26.0 Å². The average molecular weight is 318 g/mol. The number of ether oxygens (including phenoxy) is 1. The molecule has 2 fully saturated rings. The highest BCUT2D eigenvalue weighted by Crippen LogP contribution is 2.51. The summed E-state index contributed by atoms with van der Waals surface area (Å²) in [7, 11) is 0. The molecule has 0 spiro atoms. The highest BCUT2D eigenvalue weighted by Gasteiger charge is 2.59. The summed E-state index contributed by atoms with van der Waals surface area (Å²) in [4.78, 5) is 22.9. The van der Waals surface area contributed by atoms with E-state index in [9.17, 15) is 9.59 Å². The van der Waals surface area contributed by atoms with E-state index in [1.807, 2.05) is 0 Å². The Morgan fingerprint density at radius 2 is 2.00 bits per heavy atom. The smallest absolute Gasteiger partial charge is 0.335 e. The van der Waals surface area contributed by atoms with Gasteiger partial charge in [0.25, 0.3) is 0 Å². The molecule has 1 saturated heterocycles. The first-order valence-electron chi connectivity index (χ1n) is 7.88. The summed E-state index contributed by atoms with van der Waals surface area (Å²) in [5, 5.41) is 14.7. The van der Waals surface area contributed by atoms with E-state index < -0.39 is 5.97 Å². The number of benzene rings is 1. The summed E-state index contributed by atoms with van der Waals surface area (Å²) in [6, 6.07) is 6.41. The molecule has 3 unspecified atom stereocenters. The Morgan fingerprint density at radius 3 is 2.65 bits per heavy atom. The van der Waals surface area contributed by atoms with Crippen molar-refractivity contribution in [2.75, 3.05) is 6.61 Å². The second kappa shape index (κ2) is 5.85. The van der Waals surface area contributed by atoms with Gasteiger partial charge in [-0.15, -0.1) is 0 Å². The molecule has 2 amide bonds. The monoisotopic (exact) mass is 318 g/mol.